The Labute approximate surface area is 119 Å². The number of aliphatic hydroxyl groups is 1. The maximum Gasteiger partial charge on any atom is 0.227 e. The maximum atomic E-state index is 12.3. The zero-order chi connectivity index (χ0) is 14.2. The van der Waals surface area contributed by atoms with Gasteiger partial charge in [-0.1, -0.05) is 48.5 Å². The molecule has 0 saturated heterocycles. The van der Waals surface area contributed by atoms with Crippen LogP contribution < -0.4 is 4.90 Å². The fourth-order valence-electron chi connectivity index (χ4n) is 2.06. The van der Waals surface area contributed by atoms with Crippen molar-refractivity contribution in [3.05, 3.63) is 66.2 Å². The molecule has 2 aromatic carbocycles. The molecule has 0 fully saturated rings. The van der Waals surface area contributed by atoms with Gasteiger partial charge in [-0.15, -0.1) is 0 Å². The summed E-state index contributed by atoms with van der Waals surface area (Å²) in [6.07, 6.45) is 0.856. The van der Waals surface area contributed by atoms with Gasteiger partial charge in [0.05, 0.1) is 6.54 Å². The van der Waals surface area contributed by atoms with E-state index in [1.807, 2.05) is 60.7 Å². The van der Waals surface area contributed by atoms with Gasteiger partial charge in [-0.3, -0.25) is 4.79 Å². The van der Waals surface area contributed by atoms with Gasteiger partial charge in [-0.05, 0) is 24.1 Å². The Morgan fingerprint density at radius 1 is 0.950 bits per heavy atom. The van der Waals surface area contributed by atoms with E-state index in [-0.39, 0.29) is 12.5 Å². The average molecular weight is 269 g/mol. The lowest BCUT2D eigenvalue weighted by molar-refractivity contribution is -0.119. The van der Waals surface area contributed by atoms with Crippen LogP contribution in [0, 0.1) is 0 Å². The van der Waals surface area contributed by atoms with Crippen LogP contribution in [0.4, 0.5) is 5.69 Å². The number of amides is 1. The highest BCUT2D eigenvalue weighted by atomic mass is 16.3. The third-order valence-corrected chi connectivity index (χ3v) is 3.10. The molecule has 0 atom stereocenters. The summed E-state index contributed by atoms with van der Waals surface area (Å²) in [5, 5.41) is 8.89. The maximum absolute atomic E-state index is 12.3. The third kappa shape index (κ3) is 3.93. The normalized spacial score (nSPS) is 10.2. The number of rotatable bonds is 6. The van der Waals surface area contributed by atoms with Gasteiger partial charge in [0.1, 0.15) is 0 Å². The molecule has 3 nitrogen and oxygen atoms in total. The Kier molecular flexibility index (Phi) is 5.33. The molecule has 20 heavy (non-hydrogen) atoms. The number of hydrogen-bond donors (Lipinski definition) is 1. The van der Waals surface area contributed by atoms with Crippen molar-refractivity contribution >= 4 is 11.6 Å². The Balaban J connectivity index is 2.18. The Morgan fingerprint density at radius 2 is 1.55 bits per heavy atom. The molecule has 0 radical (unpaired) electrons. The van der Waals surface area contributed by atoms with Crippen LogP contribution in [0.3, 0.4) is 0 Å². The van der Waals surface area contributed by atoms with Crippen LogP contribution in [-0.2, 0) is 11.3 Å². The van der Waals surface area contributed by atoms with Crippen LogP contribution in [0.15, 0.2) is 60.7 Å². The van der Waals surface area contributed by atoms with E-state index in [0.29, 0.717) is 19.4 Å². The first-order chi connectivity index (χ1) is 9.81. The van der Waals surface area contributed by atoms with Crippen molar-refractivity contribution in [3.8, 4) is 0 Å². The number of anilines is 1. The summed E-state index contributed by atoms with van der Waals surface area (Å²) >= 11 is 0. The second-order valence-corrected chi connectivity index (χ2v) is 4.63. The zero-order valence-corrected chi connectivity index (χ0v) is 11.4. The minimum absolute atomic E-state index is 0.0362. The van der Waals surface area contributed by atoms with Crippen LogP contribution in [0.1, 0.15) is 18.4 Å². The number of nitrogens with zero attached hydrogens (tertiary/aromatic N) is 1. The molecule has 2 aromatic rings. The molecule has 104 valence electrons. The van der Waals surface area contributed by atoms with Crippen molar-refractivity contribution < 1.29 is 9.90 Å². The van der Waals surface area contributed by atoms with E-state index < -0.39 is 0 Å². The molecule has 3 heteroatoms. The average Bonchev–Trinajstić information content (AvgIpc) is 2.52. The number of para-hydroxylation sites is 1. The summed E-state index contributed by atoms with van der Waals surface area (Å²) in [5.74, 6) is 0.0362. The van der Waals surface area contributed by atoms with Gasteiger partial charge in [0, 0.05) is 18.7 Å². The standard InChI is InChI=1S/C17H19NO2/c19-13-7-12-17(20)18(16-10-5-2-6-11-16)14-15-8-3-1-4-9-15/h1-6,8-11,19H,7,12-14H2. The molecule has 0 unspecified atom stereocenters. The van der Waals surface area contributed by atoms with E-state index >= 15 is 0 Å². The molecular formula is C17H19NO2. The van der Waals surface area contributed by atoms with E-state index in [1.165, 1.54) is 0 Å². The van der Waals surface area contributed by atoms with Gasteiger partial charge in [0.25, 0.3) is 0 Å². The van der Waals surface area contributed by atoms with E-state index in [9.17, 15) is 4.79 Å². The van der Waals surface area contributed by atoms with Crippen molar-refractivity contribution in [2.24, 2.45) is 0 Å². The van der Waals surface area contributed by atoms with Crippen LogP contribution in [0.5, 0.6) is 0 Å². The SMILES string of the molecule is O=C(CCCO)N(Cc1ccccc1)c1ccccc1. The first kappa shape index (κ1) is 14.3. The Hall–Kier alpha value is -2.13. The summed E-state index contributed by atoms with van der Waals surface area (Å²) in [5.41, 5.74) is 1.98. The molecule has 0 spiro atoms. The first-order valence-corrected chi connectivity index (χ1v) is 6.81. The number of carbonyl (C=O) groups excluding carboxylic acids is 1. The Morgan fingerprint density at radius 3 is 2.15 bits per heavy atom. The quantitative estimate of drug-likeness (QED) is 0.875. The van der Waals surface area contributed by atoms with E-state index in [2.05, 4.69) is 0 Å². The highest BCUT2D eigenvalue weighted by Gasteiger charge is 2.15. The zero-order valence-electron chi connectivity index (χ0n) is 11.4. The third-order valence-electron chi connectivity index (χ3n) is 3.10. The van der Waals surface area contributed by atoms with Crippen molar-refractivity contribution in [1.29, 1.82) is 0 Å². The van der Waals surface area contributed by atoms with E-state index in [0.717, 1.165) is 11.3 Å². The predicted octanol–water partition coefficient (Wildman–Crippen LogP) is 2.99. The minimum Gasteiger partial charge on any atom is -0.396 e. The van der Waals surface area contributed by atoms with E-state index in [1.54, 1.807) is 4.90 Å². The fraction of sp³-hybridized carbons (Fsp3) is 0.235. The van der Waals surface area contributed by atoms with Crippen LogP contribution in [0.2, 0.25) is 0 Å². The van der Waals surface area contributed by atoms with Gasteiger partial charge in [0.2, 0.25) is 5.91 Å². The molecule has 2 rings (SSSR count). The molecular weight excluding hydrogens is 250 g/mol. The van der Waals surface area contributed by atoms with Crippen molar-refractivity contribution in [3.63, 3.8) is 0 Å². The minimum atomic E-state index is 0.0362. The fourth-order valence-corrected chi connectivity index (χ4v) is 2.06. The monoisotopic (exact) mass is 269 g/mol. The smallest absolute Gasteiger partial charge is 0.227 e. The number of carbonyl (C=O) groups is 1. The largest absolute Gasteiger partial charge is 0.396 e. The van der Waals surface area contributed by atoms with Crippen molar-refractivity contribution in [2.45, 2.75) is 19.4 Å². The van der Waals surface area contributed by atoms with Crippen LogP contribution in [-0.4, -0.2) is 17.6 Å². The summed E-state index contributed by atoms with van der Waals surface area (Å²) in [4.78, 5) is 14.1. The van der Waals surface area contributed by atoms with Gasteiger partial charge < -0.3 is 10.0 Å². The summed E-state index contributed by atoms with van der Waals surface area (Å²) in [6, 6.07) is 19.6. The predicted molar refractivity (Wildman–Crippen MR) is 80.4 cm³/mol. The highest BCUT2D eigenvalue weighted by Crippen LogP contribution is 2.18. The molecule has 0 aliphatic carbocycles. The van der Waals surface area contributed by atoms with Gasteiger partial charge in [-0.25, -0.2) is 0 Å². The summed E-state index contributed by atoms with van der Waals surface area (Å²) in [6.45, 7) is 0.592. The first-order valence-electron chi connectivity index (χ1n) is 6.81. The molecule has 0 saturated carbocycles. The highest BCUT2D eigenvalue weighted by molar-refractivity contribution is 5.93. The number of hydrogen-bond acceptors (Lipinski definition) is 2. The van der Waals surface area contributed by atoms with Gasteiger partial charge in [0.15, 0.2) is 0 Å². The second kappa shape index (κ2) is 7.46. The molecule has 1 amide bonds. The number of aliphatic hydroxyl groups excluding tert-OH is 1. The number of benzene rings is 2. The van der Waals surface area contributed by atoms with Crippen molar-refractivity contribution in [1.82, 2.24) is 0 Å². The van der Waals surface area contributed by atoms with Crippen LogP contribution >= 0.6 is 0 Å². The molecule has 0 aliphatic heterocycles. The molecule has 0 aromatic heterocycles. The molecule has 1 N–H and O–H groups in total. The van der Waals surface area contributed by atoms with Crippen molar-refractivity contribution in [2.75, 3.05) is 11.5 Å². The molecule has 0 heterocycles. The summed E-state index contributed by atoms with van der Waals surface area (Å²) < 4.78 is 0. The van der Waals surface area contributed by atoms with E-state index in [4.69, 9.17) is 5.11 Å². The van der Waals surface area contributed by atoms with Gasteiger partial charge >= 0.3 is 0 Å². The lowest BCUT2D eigenvalue weighted by Crippen LogP contribution is -2.30. The molecule has 0 aliphatic rings. The molecule has 0 bridgehead atoms. The second-order valence-electron chi connectivity index (χ2n) is 4.63. The van der Waals surface area contributed by atoms with Gasteiger partial charge in [-0.2, -0.15) is 0 Å². The summed E-state index contributed by atoms with van der Waals surface area (Å²) in [7, 11) is 0. The Bertz CT molecular complexity index is 525. The lowest BCUT2D eigenvalue weighted by atomic mass is 10.1. The lowest BCUT2D eigenvalue weighted by Gasteiger charge is -2.23. The van der Waals surface area contributed by atoms with Crippen LogP contribution in [0.25, 0.3) is 0 Å². The topological polar surface area (TPSA) is 40.5 Å².